The fourth-order valence-electron chi connectivity index (χ4n) is 1.92. The first-order valence-electron chi connectivity index (χ1n) is 5.39. The Hall–Kier alpha value is -0.620. The predicted octanol–water partition coefficient (Wildman–Crippen LogP) is 1.57. The van der Waals surface area contributed by atoms with E-state index in [0.29, 0.717) is 12.5 Å². The molecular formula is C9H14ClN3O2S. The molecule has 2 rings (SSSR count). The largest absolute Gasteiger partial charge is 0.301 e. The number of halogens is 1. The minimum absolute atomic E-state index is 0.133. The topological polar surface area (TPSA) is 64.8 Å². The minimum Gasteiger partial charge on any atom is -0.301 e. The molecule has 5 nitrogen and oxygen atoms in total. The summed E-state index contributed by atoms with van der Waals surface area (Å²) in [6.45, 7) is 2.38. The first-order chi connectivity index (χ1) is 7.52. The van der Waals surface area contributed by atoms with Crippen LogP contribution in [0.25, 0.3) is 0 Å². The molecule has 1 aromatic rings. The SMILES string of the molecule is CCn1c(CC2CCC2)nnc1S(=O)(=O)Cl. The van der Waals surface area contributed by atoms with Crippen molar-refractivity contribution in [2.75, 3.05) is 0 Å². The lowest BCUT2D eigenvalue weighted by Gasteiger charge is -2.24. The second-order valence-electron chi connectivity index (χ2n) is 4.08. The van der Waals surface area contributed by atoms with Crippen molar-refractivity contribution in [1.29, 1.82) is 0 Å². The molecule has 90 valence electrons. The van der Waals surface area contributed by atoms with Gasteiger partial charge in [0.05, 0.1) is 0 Å². The Morgan fingerprint density at radius 1 is 1.44 bits per heavy atom. The predicted molar refractivity (Wildman–Crippen MR) is 59.8 cm³/mol. The molecule has 0 N–H and O–H groups in total. The summed E-state index contributed by atoms with van der Waals surface area (Å²) in [6, 6.07) is 0. The van der Waals surface area contributed by atoms with Crippen LogP contribution in [0.5, 0.6) is 0 Å². The van der Waals surface area contributed by atoms with E-state index in [0.717, 1.165) is 12.2 Å². The first kappa shape index (κ1) is 11.9. The third-order valence-corrected chi connectivity index (χ3v) is 4.18. The summed E-state index contributed by atoms with van der Waals surface area (Å²) in [7, 11) is 1.50. The lowest BCUT2D eigenvalue weighted by molar-refractivity contribution is 0.305. The van der Waals surface area contributed by atoms with E-state index < -0.39 is 9.05 Å². The van der Waals surface area contributed by atoms with Crippen molar-refractivity contribution in [3.8, 4) is 0 Å². The molecule has 0 radical (unpaired) electrons. The van der Waals surface area contributed by atoms with Crippen LogP contribution in [0.4, 0.5) is 0 Å². The summed E-state index contributed by atoms with van der Waals surface area (Å²) in [5.41, 5.74) is 0. The van der Waals surface area contributed by atoms with Gasteiger partial charge in [0.2, 0.25) is 0 Å². The van der Waals surface area contributed by atoms with E-state index in [4.69, 9.17) is 10.7 Å². The molecule has 0 saturated heterocycles. The van der Waals surface area contributed by atoms with Crippen molar-refractivity contribution in [3.63, 3.8) is 0 Å². The second kappa shape index (κ2) is 4.33. The number of hydrogen-bond acceptors (Lipinski definition) is 4. The first-order valence-corrected chi connectivity index (χ1v) is 7.70. The van der Waals surface area contributed by atoms with Crippen LogP contribution in [-0.2, 0) is 22.0 Å². The molecule has 0 bridgehead atoms. The summed E-state index contributed by atoms with van der Waals surface area (Å²) >= 11 is 0. The summed E-state index contributed by atoms with van der Waals surface area (Å²) in [5, 5.41) is 7.45. The zero-order valence-corrected chi connectivity index (χ0v) is 10.6. The highest BCUT2D eigenvalue weighted by molar-refractivity contribution is 8.13. The average molecular weight is 264 g/mol. The van der Waals surface area contributed by atoms with Gasteiger partial charge in [-0.05, 0) is 12.8 Å². The van der Waals surface area contributed by atoms with Gasteiger partial charge in [0, 0.05) is 23.6 Å². The van der Waals surface area contributed by atoms with Gasteiger partial charge < -0.3 is 4.57 Å². The number of rotatable bonds is 4. The monoisotopic (exact) mass is 263 g/mol. The Morgan fingerprint density at radius 2 is 2.12 bits per heavy atom. The molecule has 0 atom stereocenters. The van der Waals surface area contributed by atoms with Crippen molar-refractivity contribution in [1.82, 2.24) is 14.8 Å². The molecule has 1 aliphatic carbocycles. The Kier molecular flexibility index (Phi) is 3.21. The summed E-state index contributed by atoms with van der Waals surface area (Å²) < 4.78 is 24.1. The average Bonchev–Trinajstić information content (AvgIpc) is 2.53. The Morgan fingerprint density at radius 3 is 2.56 bits per heavy atom. The van der Waals surface area contributed by atoms with Crippen molar-refractivity contribution in [3.05, 3.63) is 5.82 Å². The summed E-state index contributed by atoms with van der Waals surface area (Å²) in [4.78, 5) is 0. The van der Waals surface area contributed by atoms with Crippen molar-refractivity contribution in [2.45, 2.75) is 44.3 Å². The highest BCUT2D eigenvalue weighted by Crippen LogP contribution is 2.29. The molecule has 1 fully saturated rings. The smallest absolute Gasteiger partial charge is 0.296 e. The van der Waals surface area contributed by atoms with E-state index in [1.165, 1.54) is 19.3 Å². The fourth-order valence-corrected chi connectivity index (χ4v) is 2.90. The van der Waals surface area contributed by atoms with Crippen LogP contribution in [0.15, 0.2) is 5.16 Å². The zero-order chi connectivity index (χ0) is 11.8. The van der Waals surface area contributed by atoms with Gasteiger partial charge in [-0.3, -0.25) is 0 Å². The van der Waals surface area contributed by atoms with Gasteiger partial charge in [-0.25, -0.2) is 8.42 Å². The molecule has 0 aromatic carbocycles. The molecule has 1 aliphatic rings. The maximum Gasteiger partial charge on any atom is 0.296 e. The van der Waals surface area contributed by atoms with Gasteiger partial charge in [0.25, 0.3) is 14.2 Å². The highest BCUT2D eigenvalue weighted by atomic mass is 35.7. The fraction of sp³-hybridized carbons (Fsp3) is 0.778. The highest BCUT2D eigenvalue weighted by Gasteiger charge is 2.25. The van der Waals surface area contributed by atoms with Gasteiger partial charge in [-0.2, -0.15) is 0 Å². The molecule has 16 heavy (non-hydrogen) atoms. The minimum atomic E-state index is -3.79. The van der Waals surface area contributed by atoms with E-state index in [1.807, 2.05) is 6.92 Å². The number of nitrogens with zero attached hydrogens (tertiary/aromatic N) is 3. The van der Waals surface area contributed by atoms with Gasteiger partial charge in [-0.15, -0.1) is 10.2 Å². The molecule has 0 amide bonds. The van der Waals surface area contributed by atoms with Crippen molar-refractivity contribution >= 4 is 19.7 Å². The zero-order valence-electron chi connectivity index (χ0n) is 9.06. The van der Waals surface area contributed by atoms with Crippen LogP contribution in [0.2, 0.25) is 0 Å². The van der Waals surface area contributed by atoms with Gasteiger partial charge in [0.15, 0.2) is 0 Å². The van der Waals surface area contributed by atoms with Crippen LogP contribution < -0.4 is 0 Å². The maximum absolute atomic E-state index is 11.2. The Labute approximate surface area is 99.2 Å². The van der Waals surface area contributed by atoms with Crippen LogP contribution in [0.1, 0.15) is 32.0 Å². The third-order valence-electron chi connectivity index (χ3n) is 3.02. The normalized spacial score (nSPS) is 17.4. The van der Waals surface area contributed by atoms with Crippen molar-refractivity contribution < 1.29 is 8.42 Å². The Bertz CT molecular complexity index is 479. The lowest BCUT2D eigenvalue weighted by atomic mass is 9.83. The van der Waals surface area contributed by atoms with E-state index in [2.05, 4.69) is 10.2 Å². The van der Waals surface area contributed by atoms with E-state index >= 15 is 0 Å². The molecule has 0 aliphatic heterocycles. The van der Waals surface area contributed by atoms with E-state index in [9.17, 15) is 8.42 Å². The molecule has 7 heteroatoms. The van der Waals surface area contributed by atoms with E-state index in [-0.39, 0.29) is 5.16 Å². The molecule has 0 unspecified atom stereocenters. The van der Waals surface area contributed by atoms with Crippen LogP contribution in [-0.4, -0.2) is 23.2 Å². The van der Waals surface area contributed by atoms with Crippen LogP contribution in [0, 0.1) is 5.92 Å². The lowest BCUT2D eigenvalue weighted by Crippen LogP contribution is -2.17. The number of aromatic nitrogens is 3. The van der Waals surface area contributed by atoms with E-state index in [1.54, 1.807) is 4.57 Å². The van der Waals surface area contributed by atoms with Gasteiger partial charge in [0.1, 0.15) is 5.82 Å². The molecule has 1 heterocycles. The number of hydrogen-bond donors (Lipinski definition) is 0. The Balaban J connectivity index is 2.28. The third kappa shape index (κ3) is 2.22. The molecular weight excluding hydrogens is 250 g/mol. The summed E-state index contributed by atoms with van der Waals surface area (Å²) in [6.07, 6.45) is 4.44. The quantitative estimate of drug-likeness (QED) is 0.774. The van der Waals surface area contributed by atoms with Gasteiger partial charge >= 0.3 is 0 Å². The van der Waals surface area contributed by atoms with Crippen LogP contribution >= 0.6 is 10.7 Å². The van der Waals surface area contributed by atoms with Crippen molar-refractivity contribution in [2.24, 2.45) is 5.92 Å². The standard InChI is InChI=1S/C9H14ClN3O2S/c1-2-13-8(6-7-4-3-5-7)11-12-9(13)16(10,14)15/h7H,2-6H2,1H3. The maximum atomic E-state index is 11.2. The van der Waals surface area contributed by atoms with Gasteiger partial charge in [-0.1, -0.05) is 19.3 Å². The molecule has 1 saturated carbocycles. The molecule has 0 spiro atoms. The molecule has 1 aromatic heterocycles. The second-order valence-corrected chi connectivity index (χ2v) is 6.54. The van der Waals surface area contributed by atoms with Crippen LogP contribution in [0.3, 0.4) is 0 Å². The summed E-state index contributed by atoms with van der Waals surface area (Å²) in [5.74, 6) is 1.35.